The fraction of sp³-hybridized carbons (Fsp3) is 1.00. The third kappa shape index (κ3) is 0.998. The highest BCUT2D eigenvalue weighted by atomic mass is 127. The van der Waals surface area contributed by atoms with Crippen LogP contribution in [-0.2, 0) is 4.74 Å². The van der Waals surface area contributed by atoms with Crippen molar-refractivity contribution in [1.82, 2.24) is 0 Å². The summed E-state index contributed by atoms with van der Waals surface area (Å²) in [6.45, 7) is 3.39. The molecule has 1 saturated carbocycles. The molecule has 0 radical (unpaired) electrons. The Kier molecular flexibility index (Phi) is 1.72. The Morgan fingerprint density at radius 3 is 2.60 bits per heavy atom. The molecule has 1 aliphatic carbocycles. The first-order chi connectivity index (χ1) is 4.77. The van der Waals surface area contributed by atoms with Gasteiger partial charge in [-0.15, -0.1) is 0 Å². The van der Waals surface area contributed by atoms with E-state index in [2.05, 4.69) is 29.5 Å². The van der Waals surface area contributed by atoms with Gasteiger partial charge in [0.2, 0.25) is 0 Å². The summed E-state index contributed by atoms with van der Waals surface area (Å²) >= 11 is 2.42. The lowest BCUT2D eigenvalue weighted by molar-refractivity contribution is 0.122. The minimum Gasteiger partial charge on any atom is -0.377 e. The van der Waals surface area contributed by atoms with E-state index in [-0.39, 0.29) is 0 Å². The second-order valence-electron chi connectivity index (χ2n) is 3.76. The summed E-state index contributed by atoms with van der Waals surface area (Å²) in [6.07, 6.45) is 3.32. The third-order valence-corrected chi connectivity index (χ3v) is 3.99. The lowest BCUT2D eigenvalue weighted by Gasteiger charge is -2.02. The summed E-state index contributed by atoms with van der Waals surface area (Å²) in [4.78, 5) is 0. The van der Waals surface area contributed by atoms with Crippen molar-refractivity contribution in [2.45, 2.75) is 25.9 Å². The Labute approximate surface area is 75.7 Å². The SMILES string of the molecule is C[C@@H]1C[C@@]12CO[C@H](CI)C2. The average Bonchev–Trinajstić information content (AvgIpc) is 2.43. The Bertz CT molecular complexity index is 148. The fourth-order valence-electron chi connectivity index (χ4n) is 1.99. The Hall–Kier alpha value is 0.690. The largest absolute Gasteiger partial charge is 0.377 e. The van der Waals surface area contributed by atoms with Gasteiger partial charge in [0.1, 0.15) is 0 Å². The van der Waals surface area contributed by atoms with E-state index in [9.17, 15) is 0 Å². The molecule has 2 fully saturated rings. The van der Waals surface area contributed by atoms with E-state index in [1.807, 2.05) is 0 Å². The van der Waals surface area contributed by atoms with Crippen LogP contribution < -0.4 is 0 Å². The predicted octanol–water partition coefficient (Wildman–Crippen LogP) is 2.24. The number of halogens is 1. The molecule has 2 rings (SSSR count). The number of hydrogen-bond acceptors (Lipinski definition) is 1. The van der Waals surface area contributed by atoms with Crippen LogP contribution in [0, 0.1) is 11.3 Å². The number of alkyl halides is 1. The van der Waals surface area contributed by atoms with Crippen molar-refractivity contribution in [2.75, 3.05) is 11.0 Å². The van der Waals surface area contributed by atoms with Gasteiger partial charge >= 0.3 is 0 Å². The molecule has 1 spiro atoms. The first-order valence-electron chi connectivity index (χ1n) is 3.94. The lowest BCUT2D eigenvalue weighted by atomic mass is 10.0. The van der Waals surface area contributed by atoms with Gasteiger partial charge in [0.05, 0.1) is 12.7 Å². The zero-order valence-electron chi connectivity index (χ0n) is 6.27. The minimum atomic E-state index is 0.575. The average molecular weight is 252 g/mol. The Morgan fingerprint density at radius 2 is 2.30 bits per heavy atom. The van der Waals surface area contributed by atoms with Gasteiger partial charge in [-0.3, -0.25) is 0 Å². The van der Waals surface area contributed by atoms with E-state index < -0.39 is 0 Å². The summed E-state index contributed by atoms with van der Waals surface area (Å²) in [5.41, 5.74) is 0.649. The van der Waals surface area contributed by atoms with Crippen LogP contribution in [0.1, 0.15) is 19.8 Å². The second kappa shape index (κ2) is 2.34. The molecular formula is C8H13IO. The molecule has 0 amide bonds. The fourth-order valence-corrected chi connectivity index (χ4v) is 2.56. The predicted molar refractivity (Wildman–Crippen MR) is 49.5 cm³/mol. The van der Waals surface area contributed by atoms with E-state index in [0.29, 0.717) is 11.5 Å². The van der Waals surface area contributed by atoms with Crippen molar-refractivity contribution in [2.24, 2.45) is 11.3 Å². The molecule has 1 heterocycles. The molecule has 1 nitrogen and oxygen atoms in total. The molecule has 0 aromatic heterocycles. The highest BCUT2D eigenvalue weighted by Gasteiger charge is 2.55. The van der Waals surface area contributed by atoms with Crippen molar-refractivity contribution in [3.05, 3.63) is 0 Å². The topological polar surface area (TPSA) is 9.23 Å². The number of ether oxygens (including phenoxy) is 1. The molecular weight excluding hydrogens is 239 g/mol. The first kappa shape index (κ1) is 7.35. The van der Waals surface area contributed by atoms with Gasteiger partial charge in [-0.05, 0) is 24.2 Å². The maximum Gasteiger partial charge on any atom is 0.0671 e. The van der Waals surface area contributed by atoms with Gasteiger partial charge in [0, 0.05) is 4.43 Å². The minimum absolute atomic E-state index is 0.575. The highest BCUT2D eigenvalue weighted by Crippen LogP contribution is 2.59. The summed E-state index contributed by atoms with van der Waals surface area (Å²) in [6, 6.07) is 0. The molecule has 2 aliphatic rings. The van der Waals surface area contributed by atoms with Crippen molar-refractivity contribution >= 4 is 22.6 Å². The molecule has 1 aliphatic heterocycles. The summed E-state index contributed by atoms with van der Waals surface area (Å²) in [5.74, 6) is 0.945. The molecule has 3 atom stereocenters. The van der Waals surface area contributed by atoms with Gasteiger partial charge in [0.15, 0.2) is 0 Å². The molecule has 0 aromatic carbocycles. The summed E-state index contributed by atoms with van der Waals surface area (Å²) in [5, 5.41) is 0. The van der Waals surface area contributed by atoms with Gasteiger partial charge in [-0.25, -0.2) is 0 Å². The van der Waals surface area contributed by atoms with Gasteiger partial charge in [-0.1, -0.05) is 29.5 Å². The molecule has 1 saturated heterocycles. The molecule has 10 heavy (non-hydrogen) atoms. The van der Waals surface area contributed by atoms with E-state index in [1.54, 1.807) is 0 Å². The molecule has 2 heteroatoms. The molecule has 0 N–H and O–H groups in total. The normalized spacial score (nSPS) is 52.2. The van der Waals surface area contributed by atoms with Crippen molar-refractivity contribution in [3.8, 4) is 0 Å². The summed E-state index contributed by atoms with van der Waals surface area (Å²) in [7, 11) is 0. The van der Waals surface area contributed by atoms with E-state index >= 15 is 0 Å². The molecule has 0 aromatic rings. The zero-order valence-corrected chi connectivity index (χ0v) is 8.43. The summed E-state index contributed by atoms with van der Waals surface area (Å²) < 4.78 is 6.82. The van der Waals surface area contributed by atoms with Crippen LogP contribution in [0.5, 0.6) is 0 Å². The van der Waals surface area contributed by atoms with Crippen LogP contribution in [0.4, 0.5) is 0 Å². The zero-order chi connectivity index (χ0) is 7.19. The molecule has 58 valence electrons. The maximum atomic E-state index is 5.64. The van der Waals surface area contributed by atoms with Crippen LogP contribution in [0.2, 0.25) is 0 Å². The third-order valence-electron chi connectivity index (χ3n) is 3.01. The second-order valence-corrected chi connectivity index (χ2v) is 4.64. The van der Waals surface area contributed by atoms with Crippen LogP contribution >= 0.6 is 22.6 Å². The molecule has 0 bridgehead atoms. The number of rotatable bonds is 1. The van der Waals surface area contributed by atoms with Crippen LogP contribution in [0.25, 0.3) is 0 Å². The quantitative estimate of drug-likeness (QED) is 0.513. The van der Waals surface area contributed by atoms with Crippen LogP contribution in [0.15, 0.2) is 0 Å². The van der Waals surface area contributed by atoms with Gasteiger partial charge in [0.25, 0.3) is 0 Å². The Morgan fingerprint density at radius 1 is 1.60 bits per heavy atom. The molecule has 0 unspecified atom stereocenters. The van der Waals surface area contributed by atoms with Crippen molar-refractivity contribution in [3.63, 3.8) is 0 Å². The van der Waals surface area contributed by atoms with Crippen LogP contribution in [-0.4, -0.2) is 17.1 Å². The number of hydrogen-bond donors (Lipinski definition) is 0. The van der Waals surface area contributed by atoms with Crippen molar-refractivity contribution < 1.29 is 4.74 Å². The van der Waals surface area contributed by atoms with Crippen LogP contribution in [0.3, 0.4) is 0 Å². The van der Waals surface area contributed by atoms with E-state index in [1.165, 1.54) is 17.3 Å². The monoisotopic (exact) mass is 252 g/mol. The van der Waals surface area contributed by atoms with E-state index in [4.69, 9.17) is 4.74 Å². The van der Waals surface area contributed by atoms with Gasteiger partial charge in [-0.2, -0.15) is 0 Å². The standard InChI is InChI=1S/C8H13IO/c1-6-2-8(6)3-7(4-9)10-5-8/h6-7H,2-5H2,1H3/t6-,7+,8-/m1/s1. The smallest absolute Gasteiger partial charge is 0.0671 e. The Balaban J connectivity index is 1.95. The maximum absolute atomic E-state index is 5.64. The van der Waals surface area contributed by atoms with Gasteiger partial charge < -0.3 is 4.74 Å². The highest BCUT2D eigenvalue weighted by molar-refractivity contribution is 14.1. The first-order valence-corrected chi connectivity index (χ1v) is 5.47. The lowest BCUT2D eigenvalue weighted by Crippen LogP contribution is -2.06. The van der Waals surface area contributed by atoms with Crippen molar-refractivity contribution in [1.29, 1.82) is 0 Å². The van der Waals surface area contributed by atoms with E-state index in [0.717, 1.165) is 12.5 Å².